The molecule has 2 fully saturated rings. The van der Waals surface area contributed by atoms with E-state index in [1.807, 2.05) is 36.4 Å². The fraction of sp³-hybridized carbons (Fsp3) is 0.318. The Balaban J connectivity index is 1.41. The summed E-state index contributed by atoms with van der Waals surface area (Å²) in [7, 11) is 0. The van der Waals surface area contributed by atoms with Crippen molar-refractivity contribution in [2.24, 2.45) is 0 Å². The number of nitrogens with one attached hydrogen (secondary N) is 3. The molecule has 0 bridgehead atoms. The van der Waals surface area contributed by atoms with Gasteiger partial charge >= 0.3 is 6.09 Å². The number of ether oxygens (including phenoxy) is 2. The average Bonchev–Trinajstić information content (AvgIpc) is 3.58. The summed E-state index contributed by atoms with van der Waals surface area (Å²) in [6.45, 7) is 0.562. The Kier molecular flexibility index (Phi) is 5.94. The van der Waals surface area contributed by atoms with Gasteiger partial charge in [0.25, 0.3) is 5.91 Å². The highest BCUT2D eigenvalue weighted by molar-refractivity contribution is 5.88. The van der Waals surface area contributed by atoms with Gasteiger partial charge in [0, 0.05) is 6.54 Å². The average molecular weight is 409 g/mol. The molecule has 8 nitrogen and oxygen atoms in total. The smallest absolute Gasteiger partial charge is 0.408 e. The van der Waals surface area contributed by atoms with E-state index >= 15 is 0 Å². The number of carbonyl (C=O) groups excluding carboxylic acids is 3. The molecule has 0 saturated carbocycles. The van der Waals surface area contributed by atoms with Crippen molar-refractivity contribution in [2.75, 3.05) is 6.54 Å². The highest BCUT2D eigenvalue weighted by atomic mass is 16.6. The zero-order chi connectivity index (χ0) is 20.9. The number of carbonyl (C=O) groups is 3. The van der Waals surface area contributed by atoms with Gasteiger partial charge in [0.2, 0.25) is 5.91 Å². The van der Waals surface area contributed by atoms with Crippen LogP contribution in [0.15, 0.2) is 60.7 Å². The molecule has 2 aromatic rings. The summed E-state index contributed by atoms with van der Waals surface area (Å²) in [6, 6.07) is 17.0. The summed E-state index contributed by atoms with van der Waals surface area (Å²) < 4.78 is 10.7. The number of alkyl carbamates (subject to hydrolysis) is 1. The van der Waals surface area contributed by atoms with Crippen molar-refractivity contribution in [1.82, 2.24) is 16.0 Å². The maximum atomic E-state index is 13.0. The number of hydrogen-bond donors (Lipinski definition) is 3. The highest BCUT2D eigenvalue weighted by Crippen LogP contribution is 2.29. The lowest BCUT2D eigenvalue weighted by atomic mass is 10.0. The molecule has 30 heavy (non-hydrogen) atoms. The van der Waals surface area contributed by atoms with Gasteiger partial charge in [-0.15, -0.1) is 0 Å². The van der Waals surface area contributed by atoms with E-state index in [-0.39, 0.29) is 30.6 Å². The number of epoxide rings is 1. The zero-order valence-corrected chi connectivity index (χ0v) is 16.2. The maximum Gasteiger partial charge on any atom is 0.408 e. The van der Waals surface area contributed by atoms with Crippen LogP contribution in [0.4, 0.5) is 4.79 Å². The van der Waals surface area contributed by atoms with Gasteiger partial charge in [0.1, 0.15) is 18.8 Å². The number of rotatable bonds is 6. The molecule has 2 aliphatic heterocycles. The topological polar surface area (TPSA) is 109 Å². The van der Waals surface area contributed by atoms with E-state index in [0.717, 1.165) is 5.56 Å². The summed E-state index contributed by atoms with van der Waals surface area (Å²) >= 11 is 0. The Hall–Kier alpha value is -3.39. The van der Waals surface area contributed by atoms with Crippen LogP contribution in [0.5, 0.6) is 0 Å². The maximum absolute atomic E-state index is 13.0. The van der Waals surface area contributed by atoms with Crippen LogP contribution in [-0.4, -0.2) is 42.7 Å². The van der Waals surface area contributed by atoms with E-state index in [1.54, 1.807) is 24.3 Å². The van der Waals surface area contributed by atoms with Crippen LogP contribution >= 0.6 is 0 Å². The largest absolute Gasteiger partial charge is 0.445 e. The van der Waals surface area contributed by atoms with Crippen molar-refractivity contribution in [3.63, 3.8) is 0 Å². The summed E-state index contributed by atoms with van der Waals surface area (Å²) in [5, 5.41) is 8.33. The molecule has 4 atom stereocenters. The van der Waals surface area contributed by atoms with E-state index in [1.165, 1.54) is 0 Å². The van der Waals surface area contributed by atoms with E-state index in [0.29, 0.717) is 18.5 Å². The predicted octanol–water partition coefficient (Wildman–Crippen LogP) is 1.43. The first kappa shape index (κ1) is 19.9. The second-order valence-corrected chi connectivity index (χ2v) is 7.27. The Morgan fingerprint density at radius 2 is 1.80 bits per heavy atom. The summed E-state index contributed by atoms with van der Waals surface area (Å²) in [4.78, 5) is 37.2. The molecule has 2 heterocycles. The van der Waals surface area contributed by atoms with Crippen LogP contribution in [0.2, 0.25) is 0 Å². The molecular formula is C22H23N3O5. The fourth-order valence-corrected chi connectivity index (χ4v) is 3.51. The van der Waals surface area contributed by atoms with Gasteiger partial charge in [-0.2, -0.15) is 0 Å². The Bertz CT molecular complexity index is 906. The van der Waals surface area contributed by atoms with Gasteiger partial charge < -0.3 is 25.4 Å². The number of benzene rings is 2. The standard InChI is InChI=1S/C22H23N3O5/c26-20(24-16-11-12-23-21(27)19-18(16)30-19)17(15-9-5-2-6-10-15)25-22(28)29-13-14-7-3-1-4-8-14/h1-10,16-19H,11-13H2,(H,23,27)(H,24,26)(H,25,28). The van der Waals surface area contributed by atoms with Crippen molar-refractivity contribution in [3.05, 3.63) is 71.8 Å². The minimum Gasteiger partial charge on any atom is -0.445 e. The van der Waals surface area contributed by atoms with Crippen LogP contribution in [-0.2, 0) is 25.7 Å². The van der Waals surface area contributed by atoms with Crippen molar-refractivity contribution in [2.45, 2.75) is 37.3 Å². The molecule has 0 aliphatic carbocycles. The molecule has 3 amide bonds. The molecule has 0 spiro atoms. The van der Waals surface area contributed by atoms with Crippen molar-refractivity contribution in [1.29, 1.82) is 0 Å². The van der Waals surface area contributed by atoms with E-state index in [9.17, 15) is 14.4 Å². The second-order valence-electron chi connectivity index (χ2n) is 7.27. The number of fused-ring (bicyclic) bond motifs is 1. The number of amides is 3. The van der Waals surface area contributed by atoms with Crippen molar-refractivity contribution < 1.29 is 23.9 Å². The lowest BCUT2D eigenvalue weighted by Crippen LogP contribution is -2.46. The van der Waals surface area contributed by atoms with Crippen molar-refractivity contribution in [3.8, 4) is 0 Å². The summed E-state index contributed by atoms with van der Waals surface area (Å²) in [5.41, 5.74) is 1.48. The molecule has 0 aromatic heterocycles. The normalized spacial score (nSPS) is 23.2. The van der Waals surface area contributed by atoms with Crippen LogP contribution in [0.25, 0.3) is 0 Å². The highest BCUT2D eigenvalue weighted by Gasteiger charge is 2.52. The SMILES string of the molecule is O=C(NC(C(=O)NC1CCNC(=O)C2OC12)c1ccccc1)OCc1ccccc1. The third-order valence-electron chi connectivity index (χ3n) is 5.13. The molecule has 3 N–H and O–H groups in total. The van der Waals surface area contributed by atoms with Crippen LogP contribution < -0.4 is 16.0 Å². The molecule has 4 unspecified atom stereocenters. The molecular weight excluding hydrogens is 386 g/mol. The molecule has 0 radical (unpaired) electrons. The molecule has 8 heteroatoms. The molecule has 4 rings (SSSR count). The van der Waals surface area contributed by atoms with Crippen LogP contribution in [0, 0.1) is 0 Å². The van der Waals surface area contributed by atoms with Gasteiger partial charge in [0.15, 0.2) is 6.10 Å². The Labute approximate surface area is 173 Å². The molecule has 2 aromatic carbocycles. The fourth-order valence-electron chi connectivity index (χ4n) is 3.51. The predicted molar refractivity (Wildman–Crippen MR) is 107 cm³/mol. The summed E-state index contributed by atoms with van der Waals surface area (Å²) in [5.74, 6) is -0.537. The van der Waals surface area contributed by atoms with E-state index < -0.39 is 18.2 Å². The minimum absolute atomic E-state index is 0.101. The quantitative estimate of drug-likeness (QED) is 0.626. The third-order valence-corrected chi connectivity index (χ3v) is 5.13. The third kappa shape index (κ3) is 4.77. The lowest BCUT2D eigenvalue weighted by molar-refractivity contribution is -0.124. The second kappa shape index (κ2) is 8.96. The van der Waals surface area contributed by atoms with Gasteiger partial charge in [-0.1, -0.05) is 60.7 Å². The first-order chi connectivity index (χ1) is 14.6. The molecule has 156 valence electrons. The Morgan fingerprint density at radius 3 is 2.53 bits per heavy atom. The first-order valence-electron chi connectivity index (χ1n) is 9.87. The van der Waals surface area contributed by atoms with Crippen molar-refractivity contribution >= 4 is 17.9 Å². The van der Waals surface area contributed by atoms with Gasteiger partial charge in [-0.3, -0.25) is 9.59 Å². The van der Waals surface area contributed by atoms with E-state index in [4.69, 9.17) is 9.47 Å². The first-order valence-corrected chi connectivity index (χ1v) is 9.87. The van der Waals surface area contributed by atoms with Gasteiger partial charge in [-0.05, 0) is 17.5 Å². The van der Waals surface area contributed by atoms with Crippen LogP contribution in [0.1, 0.15) is 23.6 Å². The zero-order valence-electron chi connectivity index (χ0n) is 16.2. The number of hydrogen-bond acceptors (Lipinski definition) is 5. The molecule has 2 saturated heterocycles. The monoisotopic (exact) mass is 409 g/mol. The Morgan fingerprint density at radius 1 is 1.10 bits per heavy atom. The van der Waals surface area contributed by atoms with Crippen LogP contribution in [0.3, 0.4) is 0 Å². The van der Waals surface area contributed by atoms with Gasteiger partial charge in [-0.25, -0.2) is 4.79 Å². The lowest BCUT2D eigenvalue weighted by Gasteiger charge is -2.22. The van der Waals surface area contributed by atoms with Gasteiger partial charge in [0.05, 0.1) is 6.04 Å². The van der Waals surface area contributed by atoms with E-state index in [2.05, 4.69) is 16.0 Å². The summed E-state index contributed by atoms with van der Waals surface area (Å²) in [6.07, 6.45) is -0.991. The molecule has 2 aliphatic rings. The minimum atomic E-state index is -0.932.